The summed E-state index contributed by atoms with van der Waals surface area (Å²) in [5, 5.41) is 10.9. The molecule has 3 rings (SSSR count). The standard InChI is InChI=1S/C25H32N4O2/c1-4-23-22(24(5-2)31-29-23)16-28-25(26-3)27-15-19-11-13-21(14-12-19)18-30-17-20-9-7-6-8-10-20/h6-14H,4-5,15-18H2,1-3H3,(H2,26,27,28). The normalized spacial score (nSPS) is 11.5. The highest BCUT2D eigenvalue weighted by molar-refractivity contribution is 5.79. The minimum atomic E-state index is 0.601. The van der Waals surface area contributed by atoms with E-state index in [2.05, 4.69) is 71.0 Å². The minimum Gasteiger partial charge on any atom is -0.372 e. The SMILES string of the molecule is CCc1noc(CC)c1CNC(=NC)NCc1ccc(COCc2ccccc2)cc1. The van der Waals surface area contributed by atoms with Gasteiger partial charge < -0.3 is 19.9 Å². The number of aryl methyl sites for hydroxylation is 2. The van der Waals surface area contributed by atoms with Crippen LogP contribution in [0.4, 0.5) is 0 Å². The van der Waals surface area contributed by atoms with Crippen molar-refractivity contribution in [1.29, 1.82) is 0 Å². The molecule has 2 N–H and O–H groups in total. The molecule has 0 aliphatic heterocycles. The van der Waals surface area contributed by atoms with Gasteiger partial charge in [0.25, 0.3) is 0 Å². The number of benzene rings is 2. The van der Waals surface area contributed by atoms with Crippen LogP contribution in [-0.4, -0.2) is 18.2 Å². The van der Waals surface area contributed by atoms with Gasteiger partial charge in [0.2, 0.25) is 0 Å². The number of hydrogen-bond acceptors (Lipinski definition) is 4. The molecule has 0 saturated carbocycles. The van der Waals surface area contributed by atoms with Gasteiger partial charge in [-0.2, -0.15) is 0 Å². The third-order valence-electron chi connectivity index (χ3n) is 5.13. The van der Waals surface area contributed by atoms with Gasteiger partial charge >= 0.3 is 0 Å². The lowest BCUT2D eigenvalue weighted by atomic mass is 10.1. The van der Waals surface area contributed by atoms with Crippen molar-refractivity contribution in [2.45, 2.75) is 53.0 Å². The molecule has 6 heteroatoms. The van der Waals surface area contributed by atoms with E-state index in [1.165, 1.54) is 11.1 Å². The molecule has 0 unspecified atom stereocenters. The van der Waals surface area contributed by atoms with E-state index in [9.17, 15) is 0 Å². The highest BCUT2D eigenvalue weighted by atomic mass is 16.5. The van der Waals surface area contributed by atoms with Gasteiger partial charge in [0.1, 0.15) is 5.76 Å². The third-order valence-corrected chi connectivity index (χ3v) is 5.13. The lowest BCUT2D eigenvalue weighted by molar-refractivity contribution is 0.107. The molecule has 0 amide bonds. The summed E-state index contributed by atoms with van der Waals surface area (Å²) in [5.74, 6) is 1.69. The van der Waals surface area contributed by atoms with E-state index in [1.54, 1.807) is 7.05 Å². The third kappa shape index (κ3) is 6.69. The summed E-state index contributed by atoms with van der Waals surface area (Å²) in [5.41, 5.74) is 5.67. The fourth-order valence-electron chi connectivity index (χ4n) is 3.33. The van der Waals surface area contributed by atoms with Crippen molar-refractivity contribution in [2.75, 3.05) is 7.05 Å². The van der Waals surface area contributed by atoms with Crippen LogP contribution in [0.2, 0.25) is 0 Å². The number of aromatic nitrogens is 1. The van der Waals surface area contributed by atoms with E-state index in [0.29, 0.717) is 26.3 Å². The van der Waals surface area contributed by atoms with Crippen molar-refractivity contribution >= 4 is 5.96 Å². The molecular formula is C25H32N4O2. The number of ether oxygens (including phenoxy) is 1. The zero-order chi connectivity index (χ0) is 21.9. The van der Waals surface area contributed by atoms with E-state index in [1.807, 2.05) is 18.2 Å². The quantitative estimate of drug-likeness (QED) is 0.376. The molecule has 1 aromatic heterocycles. The summed E-state index contributed by atoms with van der Waals surface area (Å²) in [6.45, 7) is 6.72. The first-order chi connectivity index (χ1) is 15.2. The molecule has 0 aliphatic rings. The van der Waals surface area contributed by atoms with Gasteiger partial charge in [-0.1, -0.05) is 73.6 Å². The lowest BCUT2D eigenvalue weighted by Crippen LogP contribution is -2.36. The summed E-state index contributed by atoms with van der Waals surface area (Å²) in [6.07, 6.45) is 1.69. The molecule has 1 heterocycles. The molecule has 3 aromatic rings. The topological polar surface area (TPSA) is 71.7 Å². The van der Waals surface area contributed by atoms with Crippen molar-refractivity contribution in [3.05, 3.63) is 88.3 Å². The Morgan fingerprint density at radius 2 is 1.52 bits per heavy atom. The summed E-state index contributed by atoms with van der Waals surface area (Å²) < 4.78 is 11.2. The Morgan fingerprint density at radius 1 is 0.871 bits per heavy atom. The van der Waals surface area contributed by atoms with Crippen LogP contribution < -0.4 is 10.6 Å². The molecular weight excluding hydrogens is 388 g/mol. The van der Waals surface area contributed by atoms with Gasteiger partial charge in [0.05, 0.1) is 18.9 Å². The Balaban J connectivity index is 1.44. The summed E-state index contributed by atoms with van der Waals surface area (Å²) in [6, 6.07) is 18.7. The molecule has 164 valence electrons. The van der Waals surface area contributed by atoms with Crippen LogP contribution in [0.3, 0.4) is 0 Å². The summed E-state index contributed by atoms with van der Waals surface area (Å²) in [7, 11) is 1.78. The highest BCUT2D eigenvalue weighted by Crippen LogP contribution is 2.15. The predicted molar refractivity (Wildman–Crippen MR) is 124 cm³/mol. The monoisotopic (exact) mass is 420 g/mol. The smallest absolute Gasteiger partial charge is 0.191 e. The molecule has 0 bridgehead atoms. The fraction of sp³-hybridized carbons (Fsp3) is 0.360. The van der Waals surface area contributed by atoms with Crippen LogP contribution in [0.5, 0.6) is 0 Å². The van der Waals surface area contributed by atoms with Crippen molar-refractivity contribution in [3.63, 3.8) is 0 Å². The maximum Gasteiger partial charge on any atom is 0.191 e. The number of aliphatic imine (C=N–C) groups is 1. The first kappa shape index (κ1) is 22.6. The van der Waals surface area contributed by atoms with Gasteiger partial charge in [-0.3, -0.25) is 4.99 Å². The predicted octanol–water partition coefficient (Wildman–Crippen LogP) is 4.38. The molecule has 0 atom stereocenters. The molecule has 6 nitrogen and oxygen atoms in total. The molecule has 0 spiro atoms. The first-order valence-electron chi connectivity index (χ1n) is 10.8. The van der Waals surface area contributed by atoms with Gasteiger partial charge in [-0.15, -0.1) is 0 Å². The molecule has 2 aromatic carbocycles. The van der Waals surface area contributed by atoms with E-state index < -0.39 is 0 Å². The maximum absolute atomic E-state index is 5.81. The first-order valence-corrected chi connectivity index (χ1v) is 10.8. The number of hydrogen-bond donors (Lipinski definition) is 2. The second kappa shape index (κ2) is 11.9. The average Bonchev–Trinajstić information content (AvgIpc) is 3.23. The van der Waals surface area contributed by atoms with Gasteiger partial charge in [0.15, 0.2) is 5.96 Å². The van der Waals surface area contributed by atoms with E-state index in [4.69, 9.17) is 9.26 Å². The number of guanidine groups is 1. The zero-order valence-corrected chi connectivity index (χ0v) is 18.6. The number of nitrogens with zero attached hydrogens (tertiary/aromatic N) is 2. The molecule has 31 heavy (non-hydrogen) atoms. The molecule has 0 fully saturated rings. The number of nitrogens with one attached hydrogen (secondary N) is 2. The maximum atomic E-state index is 5.81. The summed E-state index contributed by atoms with van der Waals surface area (Å²) >= 11 is 0. The van der Waals surface area contributed by atoms with Gasteiger partial charge in [0, 0.05) is 32.1 Å². The zero-order valence-electron chi connectivity index (χ0n) is 18.6. The second-order valence-corrected chi connectivity index (χ2v) is 7.31. The van der Waals surface area contributed by atoms with E-state index in [-0.39, 0.29) is 0 Å². The Kier molecular flexibility index (Phi) is 8.67. The second-order valence-electron chi connectivity index (χ2n) is 7.31. The molecule has 0 saturated heterocycles. The summed E-state index contributed by atoms with van der Waals surface area (Å²) in [4.78, 5) is 4.32. The minimum absolute atomic E-state index is 0.601. The van der Waals surface area contributed by atoms with Crippen molar-refractivity contribution in [1.82, 2.24) is 15.8 Å². The Bertz CT molecular complexity index is 928. The Morgan fingerprint density at radius 3 is 2.16 bits per heavy atom. The van der Waals surface area contributed by atoms with E-state index >= 15 is 0 Å². The molecule has 0 aliphatic carbocycles. The van der Waals surface area contributed by atoms with Crippen molar-refractivity contribution in [3.8, 4) is 0 Å². The fourth-order valence-corrected chi connectivity index (χ4v) is 3.33. The van der Waals surface area contributed by atoms with Crippen LogP contribution >= 0.6 is 0 Å². The average molecular weight is 421 g/mol. The van der Waals surface area contributed by atoms with Crippen LogP contribution in [0.25, 0.3) is 0 Å². The van der Waals surface area contributed by atoms with Crippen LogP contribution in [0, 0.1) is 0 Å². The number of rotatable bonds is 10. The van der Waals surface area contributed by atoms with Crippen LogP contribution in [-0.2, 0) is 43.9 Å². The van der Waals surface area contributed by atoms with Crippen LogP contribution in [0.15, 0.2) is 64.1 Å². The van der Waals surface area contributed by atoms with Crippen LogP contribution in [0.1, 0.15) is 47.6 Å². The lowest BCUT2D eigenvalue weighted by Gasteiger charge is -2.12. The Labute approximate surface area is 184 Å². The van der Waals surface area contributed by atoms with E-state index in [0.717, 1.165) is 41.4 Å². The van der Waals surface area contributed by atoms with Crippen molar-refractivity contribution < 1.29 is 9.26 Å². The highest BCUT2D eigenvalue weighted by Gasteiger charge is 2.13. The van der Waals surface area contributed by atoms with Crippen molar-refractivity contribution in [2.24, 2.45) is 4.99 Å². The van der Waals surface area contributed by atoms with Gasteiger partial charge in [-0.25, -0.2) is 0 Å². The molecule has 0 radical (unpaired) electrons. The largest absolute Gasteiger partial charge is 0.372 e. The Hall–Kier alpha value is -3.12. The van der Waals surface area contributed by atoms with Gasteiger partial charge in [-0.05, 0) is 23.1 Å².